The first-order chi connectivity index (χ1) is 19.0. The van der Waals surface area contributed by atoms with E-state index in [-0.39, 0.29) is 51.4 Å². The maximum Gasteiger partial charge on any atom is 1.00 e. The van der Waals surface area contributed by atoms with E-state index in [4.69, 9.17) is 0 Å². The van der Waals surface area contributed by atoms with E-state index in [1.165, 1.54) is 0 Å². The van der Waals surface area contributed by atoms with E-state index >= 15 is 35.1 Å². The maximum absolute atomic E-state index is 15.3. The average molecular weight is 646 g/mol. The fourth-order valence-corrected chi connectivity index (χ4v) is 4.75. The normalized spacial score (nSPS) is 11.6. The van der Waals surface area contributed by atoms with Gasteiger partial charge in [0.15, 0.2) is 46.5 Å². The van der Waals surface area contributed by atoms with Gasteiger partial charge in [0.1, 0.15) is 52.7 Å². The van der Waals surface area contributed by atoms with Gasteiger partial charge < -0.3 is 0 Å². The summed E-state index contributed by atoms with van der Waals surface area (Å²) < 4.78 is 238. The first kappa shape index (κ1) is 34.0. The van der Waals surface area contributed by atoms with Gasteiger partial charge in [0.05, 0.1) is 0 Å². The van der Waals surface area contributed by atoms with E-state index in [1.54, 1.807) is 0 Å². The molecule has 0 atom stereocenters. The molecule has 0 fully saturated rings. The van der Waals surface area contributed by atoms with Gasteiger partial charge in [0.2, 0.25) is 0 Å². The van der Waals surface area contributed by atoms with Crippen LogP contribution in [0.15, 0.2) is 24.3 Å². The molecule has 0 aromatic heterocycles. The summed E-state index contributed by atoms with van der Waals surface area (Å²) in [7, 11) is 0. The molecule has 0 aliphatic rings. The van der Waals surface area contributed by atoms with Crippen LogP contribution in [0.2, 0.25) is 0 Å². The Hall–Kier alpha value is -2.54. The molecule has 0 unspecified atom stereocenters. The second kappa shape index (κ2) is 11.9. The fraction of sp³-hybridized carbons (Fsp3) is 0. The summed E-state index contributed by atoms with van der Waals surface area (Å²) in [5.41, 5.74) is -12.0. The fourth-order valence-electron chi connectivity index (χ4n) is 4.75. The van der Waals surface area contributed by atoms with Crippen LogP contribution in [0.5, 0.6) is 0 Å². The second-order valence-electron chi connectivity index (χ2n) is 8.39. The third-order valence-corrected chi connectivity index (χ3v) is 6.32. The zero-order valence-corrected chi connectivity index (χ0v) is 23.1. The second-order valence-corrected chi connectivity index (χ2v) is 8.39. The molecule has 0 spiro atoms. The predicted octanol–water partition coefficient (Wildman–Crippen LogP) is 2.29. The summed E-state index contributed by atoms with van der Waals surface area (Å²) in [6, 6.07) is -2.76. The summed E-state index contributed by atoms with van der Waals surface area (Å²) >= 11 is 0. The van der Waals surface area contributed by atoms with E-state index in [2.05, 4.69) is 0 Å². The number of hydrogen-bond acceptors (Lipinski definition) is 0. The van der Waals surface area contributed by atoms with Gasteiger partial charge in [-0.1, -0.05) is 0 Å². The first-order valence-electron chi connectivity index (χ1n) is 10.5. The van der Waals surface area contributed by atoms with Crippen LogP contribution in [0.1, 0.15) is 0 Å². The van der Waals surface area contributed by atoms with Crippen molar-refractivity contribution in [1.82, 2.24) is 0 Å². The molecule has 0 saturated carbocycles. The molecule has 0 nitrogen and oxygen atoms in total. The van der Waals surface area contributed by atoms with Crippen molar-refractivity contribution in [2.45, 2.75) is 0 Å². The van der Waals surface area contributed by atoms with Crippen LogP contribution in [-0.4, -0.2) is 6.15 Å². The Balaban J connectivity index is 0.00000484. The molecular weight excluding hydrogens is 642 g/mol. The monoisotopic (exact) mass is 646 g/mol. The summed E-state index contributed by atoms with van der Waals surface area (Å²) in [6.45, 7) is 0. The van der Waals surface area contributed by atoms with Gasteiger partial charge in [-0.05, 0) is 0 Å². The molecule has 42 heavy (non-hydrogen) atoms. The van der Waals surface area contributed by atoms with Crippen molar-refractivity contribution in [2.75, 3.05) is 0 Å². The molecule has 18 heteroatoms. The number of benzene rings is 4. The molecule has 4 rings (SSSR count). The Morgan fingerprint density at radius 2 is 0.381 bits per heavy atom. The van der Waals surface area contributed by atoms with Crippen molar-refractivity contribution in [3.05, 3.63) is 117 Å². The SMILES string of the molecule is Fc1cc(F)c(F)c([B-](c2c(F)c(F)cc(F)c2F)(c2c(F)c(F)cc(F)c2F)c2c(F)c(F)cc(F)c2F)c1F.[K+]. The van der Waals surface area contributed by atoms with Crippen LogP contribution < -0.4 is 73.2 Å². The van der Waals surface area contributed by atoms with Crippen molar-refractivity contribution < 1.29 is 122 Å². The molecule has 0 radical (unpaired) electrons. The molecule has 4 aromatic carbocycles. The van der Waals surface area contributed by atoms with E-state index in [0.717, 1.165) is 0 Å². The minimum absolute atomic E-state index is 0. The van der Waals surface area contributed by atoms with Crippen molar-refractivity contribution in [1.29, 1.82) is 0 Å². The average Bonchev–Trinajstić information content (AvgIpc) is 2.89. The Morgan fingerprint density at radius 3 is 0.500 bits per heavy atom. The van der Waals surface area contributed by atoms with Crippen LogP contribution in [0.3, 0.4) is 0 Å². The third kappa shape index (κ3) is 4.84. The molecule has 0 aliphatic carbocycles. The van der Waals surface area contributed by atoms with Gasteiger partial charge >= 0.3 is 51.4 Å². The Kier molecular flexibility index (Phi) is 9.59. The number of halogens is 16. The largest absolute Gasteiger partial charge is 1.00 e. The summed E-state index contributed by atoms with van der Waals surface area (Å²) in [5.74, 6) is -46.2. The van der Waals surface area contributed by atoms with Gasteiger partial charge in [-0.25, -0.2) is 70.2 Å². The van der Waals surface area contributed by atoms with Crippen LogP contribution in [0.4, 0.5) is 70.2 Å². The quantitative estimate of drug-likeness (QED) is 0.182. The molecule has 0 saturated heterocycles. The number of rotatable bonds is 4. The van der Waals surface area contributed by atoms with E-state index in [9.17, 15) is 35.1 Å². The maximum atomic E-state index is 15.3. The zero-order chi connectivity index (χ0) is 30.9. The van der Waals surface area contributed by atoms with Crippen LogP contribution >= 0.6 is 0 Å². The van der Waals surface area contributed by atoms with Gasteiger partial charge in [0.25, 0.3) is 0 Å². The van der Waals surface area contributed by atoms with E-state index in [1.807, 2.05) is 0 Å². The molecule has 0 bridgehead atoms. The molecule has 0 amide bonds. The zero-order valence-electron chi connectivity index (χ0n) is 19.9. The van der Waals surface area contributed by atoms with Crippen molar-refractivity contribution >= 4 is 28.0 Å². The minimum Gasteiger partial charge on any atom is -0.207 e. The van der Waals surface area contributed by atoms with Gasteiger partial charge in [-0.2, -0.15) is 0 Å². The first-order valence-corrected chi connectivity index (χ1v) is 10.5. The van der Waals surface area contributed by atoms with Crippen molar-refractivity contribution in [2.24, 2.45) is 0 Å². The summed E-state index contributed by atoms with van der Waals surface area (Å²) in [5, 5.41) is 0. The van der Waals surface area contributed by atoms with Gasteiger partial charge in [-0.3, -0.25) is 0 Å². The van der Waals surface area contributed by atoms with Gasteiger partial charge in [-0.15, -0.1) is 21.9 Å². The van der Waals surface area contributed by atoms with Crippen LogP contribution in [0, 0.1) is 93.1 Å². The Morgan fingerprint density at radius 1 is 0.262 bits per heavy atom. The summed E-state index contributed by atoms with van der Waals surface area (Å²) in [6.07, 6.45) is -6.49. The van der Waals surface area contributed by atoms with Crippen molar-refractivity contribution in [3.8, 4) is 0 Å². The van der Waals surface area contributed by atoms with Crippen molar-refractivity contribution in [3.63, 3.8) is 0 Å². The molecule has 216 valence electrons. The number of hydrogen-bond donors (Lipinski definition) is 0. The molecule has 4 aromatic rings. The topological polar surface area (TPSA) is 0 Å². The smallest absolute Gasteiger partial charge is 0.207 e. The predicted molar refractivity (Wildman–Crippen MR) is 109 cm³/mol. The molecule has 0 aliphatic heterocycles. The third-order valence-electron chi connectivity index (χ3n) is 6.32. The van der Waals surface area contributed by atoms with E-state index < -0.39 is 145 Å². The Bertz CT molecular complexity index is 1410. The minimum atomic E-state index is -6.49. The van der Waals surface area contributed by atoms with Crippen LogP contribution in [-0.2, 0) is 0 Å². The standard InChI is InChI=1S/C24H4BF16.K/c26-5-1-6(27)18(35)13(17(5)34)25(14-19(36)7(28)2-8(29)20(14)37,15-21(38)9(30)3-10(31)22(15)39)16-23(40)11(32)4-12(33)24(16)41;/h1-4H;/q-1;+1. The summed E-state index contributed by atoms with van der Waals surface area (Å²) in [4.78, 5) is 0. The van der Waals surface area contributed by atoms with Crippen LogP contribution in [0.25, 0.3) is 0 Å². The molecular formula is C24H4BF16K. The molecule has 0 heterocycles. The van der Waals surface area contributed by atoms with E-state index in [0.29, 0.717) is 0 Å². The van der Waals surface area contributed by atoms with Gasteiger partial charge in [0, 0.05) is 24.3 Å². The molecule has 0 N–H and O–H groups in total. The Labute approximate surface area is 265 Å².